The van der Waals surface area contributed by atoms with E-state index in [2.05, 4.69) is 27.6 Å². The molecule has 5 heterocycles. The van der Waals surface area contributed by atoms with E-state index in [9.17, 15) is 4.79 Å². The van der Waals surface area contributed by atoms with Crippen molar-refractivity contribution in [3.8, 4) is 21.8 Å². The van der Waals surface area contributed by atoms with Crippen molar-refractivity contribution < 1.29 is 4.79 Å². The van der Waals surface area contributed by atoms with E-state index in [1.165, 1.54) is 19.4 Å². The van der Waals surface area contributed by atoms with E-state index in [4.69, 9.17) is 4.98 Å². The number of thiophene rings is 1. The molecule has 33 heavy (non-hydrogen) atoms. The van der Waals surface area contributed by atoms with Crippen LogP contribution in [-0.4, -0.2) is 51.5 Å². The summed E-state index contributed by atoms with van der Waals surface area (Å²) in [4.78, 5) is 21.1. The molecule has 0 aliphatic carbocycles. The lowest BCUT2D eigenvalue weighted by molar-refractivity contribution is 0.112. The van der Waals surface area contributed by atoms with Crippen LogP contribution in [0, 0.1) is 0 Å². The van der Waals surface area contributed by atoms with Crippen molar-refractivity contribution in [1.82, 2.24) is 30.2 Å². The van der Waals surface area contributed by atoms with Gasteiger partial charge in [-0.15, -0.1) is 11.3 Å². The Morgan fingerprint density at radius 3 is 2.79 bits per heavy atom. The Labute approximate surface area is 199 Å². The summed E-state index contributed by atoms with van der Waals surface area (Å²) >= 11 is 1.64. The molecule has 0 aromatic carbocycles. The lowest BCUT2D eigenvalue weighted by atomic mass is 10.0. The maximum Gasteiger partial charge on any atom is 0.165 e. The zero-order valence-corrected chi connectivity index (χ0v) is 20.5. The highest BCUT2D eigenvalue weighted by molar-refractivity contribution is 7.13. The minimum atomic E-state index is 0.384. The van der Waals surface area contributed by atoms with Crippen molar-refractivity contribution in [2.75, 3.05) is 20.1 Å². The molecule has 0 saturated carbocycles. The summed E-state index contributed by atoms with van der Waals surface area (Å²) in [5.41, 5.74) is 4.09. The molecule has 4 aromatic heterocycles. The first kappa shape index (κ1) is 24.7. The first-order chi connectivity index (χ1) is 16.1. The number of carbonyl (C=O) groups is 1. The van der Waals surface area contributed by atoms with Crippen LogP contribution in [0.2, 0.25) is 0 Å². The van der Waals surface area contributed by atoms with Gasteiger partial charge in [-0.25, -0.2) is 9.50 Å². The number of hydrogen-bond acceptors (Lipinski definition) is 7. The molecule has 5 rings (SSSR count). The van der Waals surface area contributed by atoms with Gasteiger partial charge in [0.2, 0.25) is 0 Å². The molecule has 2 N–H and O–H groups in total. The zero-order chi connectivity index (χ0) is 23.7. The van der Waals surface area contributed by atoms with Crippen molar-refractivity contribution in [2.24, 2.45) is 0 Å². The highest BCUT2D eigenvalue weighted by atomic mass is 32.1. The van der Waals surface area contributed by atoms with Gasteiger partial charge in [-0.1, -0.05) is 19.9 Å². The van der Waals surface area contributed by atoms with Crippen molar-refractivity contribution in [3.63, 3.8) is 0 Å². The van der Waals surface area contributed by atoms with Crippen LogP contribution >= 0.6 is 11.3 Å². The molecule has 1 aliphatic heterocycles. The molecule has 0 radical (unpaired) electrons. The zero-order valence-electron chi connectivity index (χ0n) is 19.7. The topological polar surface area (TPSA) is 84.2 Å². The van der Waals surface area contributed by atoms with Crippen LogP contribution in [0.5, 0.6) is 0 Å². The summed E-state index contributed by atoms with van der Waals surface area (Å²) < 4.78 is 1.71. The van der Waals surface area contributed by atoms with Crippen LogP contribution in [0.1, 0.15) is 44.0 Å². The predicted molar refractivity (Wildman–Crippen MR) is 136 cm³/mol. The fraction of sp³-hybridized carbons (Fsp3) is 0.360. The van der Waals surface area contributed by atoms with Crippen LogP contribution < -0.4 is 10.6 Å². The second-order valence-corrected chi connectivity index (χ2v) is 8.78. The number of nitrogens with zero attached hydrogens (tertiary/aromatic N) is 4. The highest BCUT2D eigenvalue weighted by Gasteiger charge is 2.26. The normalized spacial score (nSPS) is 17.1. The molecule has 7 nitrogen and oxygen atoms in total. The molecule has 1 atom stereocenters. The van der Waals surface area contributed by atoms with Gasteiger partial charge in [0.15, 0.2) is 5.65 Å². The molecule has 1 aliphatic rings. The monoisotopic (exact) mass is 464 g/mol. The van der Waals surface area contributed by atoms with Crippen LogP contribution in [0.15, 0.2) is 54.3 Å². The Hall–Kier alpha value is -2.94. The summed E-state index contributed by atoms with van der Waals surface area (Å²) in [6.07, 6.45) is 8.67. The Balaban J connectivity index is 0.000000234. The molecule has 0 bridgehead atoms. The van der Waals surface area contributed by atoms with Gasteiger partial charge >= 0.3 is 0 Å². The lowest BCUT2D eigenvalue weighted by Crippen LogP contribution is -2.44. The standard InChI is InChI=1S/C16H10N4OS.C7H16N2.C2H6/c21-10-11-3-5-17-14(8-11)12-9-18-20-6-4-13(19-16(12)20)15-2-1-7-22-15;1-7(6-8-2)4-3-5-9-7;1-2/h1-10H;8-9H,3-6H2,1-2H3;1-2H3/t;7-;/m.0./s1. The van der Waals surface area contributed by atoms with Crippen molar-refractivity contribution >= 4 is 23.3 Å². The molecular formula is C25H32N6OS. The number of pyridine rings is 1. The van der Waals surface area contributed by atoms with E-state index in [0.29, 0.717) is 16.8 Å². The fourth-order valence-electron chi connectivity index (χ4n) is 3.78. The second-order valence-electron chi connectivity index (χ2n) is 7.83. The summed E-state index contributed by atoms with van der Waals surface area (Å²) in [7, 11) is 2.01. The van der Waals surface area contributed by atoms with Crippen molar-refractivity contribution in [3.05, 3.63) is 59.9 Å². The molecular weight excluding hydrogens is 432 g/mol. The fourth-order valence-corrected chi connectivity index (χ4v) is 4.47. The van der Waals surface area contributed by atoms with E-state index in [1.54, 1.807) is 40.4 Å². The van der Waals surface area contributed by atoms with E-state index in [1.807, 2.05) is 50.7 Å². The molecule has 1 fully saturated rings. The number of hydrogen-bond donors (Lipinski definition) is 2. The summed E-state index contributed by atoms with van der Waals surface area (Å²) in [6, 6.07) is 9.38. The minimum Gasteiger partial charge on any atom is -0.318 e. The van der Waals surface area contributed by atoms with E-state index >= 15 is 0 Å². The minimum absolute atomic E-state index is 0.384. The Morgan fingerprint density at radius 1 is 1.27 bits per heavy atom. The van der Waals surface area contributed by atoms with E-state index in [0.717, 1.165) is 34.6 Å². The lowest BCUT2D eigenvalue weighted by Gasteiger charge is -2.23. The predicted octanol–water partition coefficient (Wildman–Crippen LogP) is 4.71. The van der Waals surface area contributed by atoms with Crippen LogP contribution in [-0.2, 0) is 0 Å². The molecule has 4 aromatic rings. The number of fused-ring (bicyclic) bond motifs is 1. The van der Waals surface area contributed by atoms with Gasteiger partial charge in [-0.05, 0) is 63.0 Å². The Kier molecular flexibility index (Phi) is 8.82. The number of likely N-dealkylation sites (N-methyl/N-ethyl adjacent to an activating group) is 1. The average Bonchev–Trinajstić information content (AvgIpc) is 3.62. The Bertz CT molecular complexity index is 1150. The van der Waals surface area contributed by atoms with Crippen molar-refractivity contribution in [1.29, 1.82) is 0 Å². The van der Waals surface area contributed by atoms with Gasteiger partial charge in [0.25, 0.3) is 0 Å². The Morgan fingerprint density at radius 2 is 2.12 bits per heavy atom. The largest absolute Gasteiger partial charge is 0.318 e. The van der Waals surface area contributed by atoms with Crippen molar-refractivity contribution in [2.45, 2.75) is 39.2 Å². The molecule has 8 heteroatoms. The molecule has 1 saturated heterocycles. The highest BCUT2D eigenvalue weighted by Crippen LogP contribution is 2.26. The van der Waals surface area contributed by atoms with Gasteiger partial charge in [-0.3, -0.25) is 9.78 Å². The van der Waals surface area contributed by atoms with E-state index < -0.39 is 0 Å². The van der Waals surface area contributed by atoms with Gasteiger partial charge in [0.1, 0.15) is 6.29 Å². The SMILES string of the molecule is CC.CNC[C@]1(C)CCCN1.O=Cc1ccnc(-c2cnn3ccc(-c4cccs4)nc23)c1. The number of rotatable bonds is 5. The maximum atomic E-state index is 10.9. The summed E-state index contributed by atoms with van der Waals surface area (Å²) in [5, 5.41) is 13.0. The summed E-state index contributed by atoms with van der Waals surface area (Å²) in [6.45, 7) is 8.56. The van der Waals surface area contributed by atoms with Gasteiger partial charge < -0.3 is 10.6 Å². The third-order valence-corrected chi connectivity index (χ3v) is 6.26. The maximum absolute atomic E-state index is 10.9. The first-order valence-electron chi connectivity index (χ1n) is 11.3. The quantitative estimate of drug-likeness (QED) is 0.416. The third kappa shape index (κ3) is 6.10. The molecule has 0 amide bonds. The average molecular weight is 465 g/mol. The molecule has 174 valence electrons. The van der Waals surface area contributed by atoms with Gasteiger partial charge in [-0.2, -0.15) is 5.10 Å². The number of aldehydes is 1. The number of nitrogens with one attached hydrogen (secondary N) is 2. The van der Waals surface area contributed by atoms with Gasteiger partial charge in [0.05, 0.1) is 28.0 Å². The van der Waals surface area contributed by atoms with Crippen LogP contribution in [0.25, 0.3) is 27.5 Å². The van der Waals surface area contributed by atoms with Gasteiger partial charge in [0, 0.05) is 30.0 Å². The summed E-state index contributed by atoms with van der Waals surface area (Å²) in [5.74, 6) is 0. The smallest absolute Gasteiger partial charge is 0.165 e. The molecule has 0 spiro atoms. The first-order valence-corrected chi connectivity index (χ1v) is 12.2. The molecule has 0 unspecified atom stereocenters. The van der Waals surface area contributed by atoms with E-state index in [-0.39, 0.29) is 0 Å². The van der Waals surface area contributed by atoms with Crippen LogP contribution in [0.4, 0.5) is 0 Å². The number of aromatic nitrogens is 4. The number of carbonyl (C=O) groups excluding carboxylic acids is 1. The third-order valence-electron chi connectivity index (χ3n) is 5.36. The second kappa shape index (κ2) is 11.8. The van der Waals surface area contributed by atoms with Crippen LogP contribution in [0.3, 0.4) is 0 Å².